The molecule has 0 spiro atoms. The molecule has 1 unspecified atom stereocenters. The van der Waals surface area contributed by atoms with Gasteiger partial charge in [-0.1, -0.05) is 18.5 Å². The first-order chi connectivity index (χ1) is 13.5. The summed E-state index contributed by atoms with van der Waals surface area (Å²) in [6.45, 7) is 4.56. The summed E-state index contributed by atoms with van der Waals surface area (Å²) in [5.41, 5.74) is 3.94. The zero-order chi connectivity index (χ0) is 19.8. The molecule has 0 radical (unpaired) electrons. The molecule has 8 heteroatoms. The summed E-state index contributed by atoms with van der Waals surface area (Å²) in [4.78, 5) is 17.4. The van der Waals surface area contributed by atoms with Gasteiger partial charge in [-0.15, -0.1) is 0 Å². The van der Waals surface area contributed by atoms with Crippen LogP contribution in [0, 0.1) is 6.92 Å². The zero-order valence-corrected chi connectivity index (χ0v) is 16.6. The fourth-order valence-corrected chi connectivity index (χ4v) is 3.43. The molecule has 0 bridgehead atoms. The second-order valence-electron chi connectivity index (χ2n) is 6.80. The van der Waals surface area contributed by atoms with Gasteiger partial charge in [-0.2, -0.15) is 5.10 Å². The maximum atomic E-state index is 12.7. The van der Waals surface area contributed by atoms with Crippen LogP contribution in [0.3, 0.4) is 0 Å². The summed E-state index contributed by atoms with van der Waals surface area (Å²) in [7, 11) is 1.63. The predicted molar refractivity (Wildman–Crippen MR) is 108 cm³/mol. The summed E-state index contributed by atoms with van der Waals surface area (Å²) in [6.07, 6.45) is 3.35. The van der Waals surface area contributed by atoms with Crippen molar-refractivity contribution in [2.75, 3.05) is 7.11 Å². The van der Waals surface area contributed by atoms with E-state index in [1.165, 1.54) is 4.52 Å². The third kappa shape index (κ3) is 3.29. The first kappa shape index (κ1) is 18.3. The molecular formula is C20H20ClN5O2. The zero-order valence-electron chi connectivity index (χ0n) is 15.8. The summed E-state index contributed by atoms with van der Waals surface area (Å²) < 4.78 is 8.45. The lowest BCUT2D eigenvalue weighted by molar-refractivity contribution is 0.415. The van der Waals surface area contributed by atoms with E-state index in [1.807, 2.05) is 38.1 Å². The van der Waals surface area contributed by atoms with Crippen molar-refractivity contribution < 1.29 is 4.74 Å². The number of benzene rings is 1. The lowest BCUT2D eigenvalue weighted by Gasteiger charge is -2.11. The highest BCUT2D eigenvalue weighted by molar-refractivity contribution is 6.30. The third-order valence-electron chi connectivity index (χ3n) is 4.82. The molecule has 7 nitrogen and oxygen atoms in total. The highest BCUT2D eigenvalue weighted by Gasteiger charge is 2.16. The Labute approximate surface area is 166 Å². The van der Waals surface area contributed by atoms with Gasteiger partial charge in [0.15, 0.2) is 5.65 Å². The maximum Gasteiger partial charge on any atom is 0.272 e. The van der Waals surface area contributed by atoms with Crippen molar-refractivity contribution in [3.63, 3.8) is 0 Å². The molecule has 0 amide bonds. The number of fused-ring (bicyclic) bond motifs is 1. The van der Waals surface area contributed by atoms with E-state index < -0.39 is 0 Å². The molecule has 3 heterocycles. The van der Waals surface area contributed by atoms with Crippen LogP contribution < -0.4 is 10.3 Å². The largest absolute Gasteiger partial charge is 0.497 e. The summed E-state index contributed by atoms with van der Waals surface area (Å²) in [6, 6.07) is 9.24. The van der Waals surface area contributed by atoms with Crippen molar-refractivity contribution in [2.45, 2.75) is 26.3 Å². The second kappa shape index (κ2) is 7.16. The van der Waals surface area contributed by atoms with Crippen molar-refractivity contribution >= 4 is 17.2 Å². The van der Waals surface area contributed by atoms with Crippen LogP contribution in [-0.2, 0) is 6.54 Å². The lowest BCUT2D eigenvalue weighted by atomic mass is 10.1. The highest BCUT2D eigenvalue weighted by Crippen LogP contribution is 2.26. The normalized spacial score (nSPS) is 12.4. The Kier molecular flexibility index (Phi) is 4.68. The SMILES string of the molecule is COc1ccc(-c2[nH]n3c(=O)cc(C(C)Cn4cc(Cl)cn4)nc3c2C)cc1. The van der Waals surface area contributed by atoms with Crippen molar-refractivity contribution in [3.8, 4) is 17.0 Å². The fraction of sp³-hybridized carbons (Fsp3) is 0.250. The average molecular weight is 398 g/mol. The number of hydrogen-bond donors (Lipinski definition) is 1. The summed E-state index contributed by atoms with van der Waals surface area (Å²) >= 11 is 5.93. The number of H-pyrrole nitrogens is 1. The van der Waals surface area contributed by atoms with E-state index in [-0.39, 0.29) is 11.5 Å². The van der Waals surface area contributed by atoms with Gasteiger partial charge in [0, 0.05) is 35.9 Å². The third-order valence-corrected chi connectivity index (χ3v) is 5.01. The first-order valence-electron chi connectivity index (χ1n) is 8.91. The van der Waals surface area contributed by atoms with E-state index in [0.29, 0.717) is 17.2 Å². The Morgan fingerprint density at radius 1 is 1.29 bits per heavy atom. The first-order valence-corrected chi connectivity index (χ1v) is 9.28. The van der Waals surface area contributed by atoms with Gasteiger partial charge < -0.3 is 4.74 Å². The molecule has 4 aromatic rings. The van der Waals surface area contributed by atoms with Crippen LogP contribution in [0.4, 0.5) is 0 Å². The number of hydrogen-bond acceptors (Lipinski definition) is 4. The van der Waals surface area contributed by atoms with Crippen LogP contribution in [0.2, 0.25) is 5.02 Å². The molecule has 0 saturated heterocycles. The van der Waals surface area contributed by atoms with Crippen LogP contribution in [0.1, 0.15) is 24.1 Å². The molecule has 0 aliphatic carbocycles. The molecule has 3 aromatic heterocycles. The molecule has 4 rings (SSSR count). The standard InChI is InChI=1S/C20H20ClN5O2/c1-12(10-25-11-15(21)9-22-25)17-8-18(27)26-20(23-17)13(2)19(24-26)14-4-6-16(28-3)7-5-14/h4-9,11-12,24H,10H2,1-3H3. The monoisotopic (exact) mass is 397 g/mol. The van der Waals surface area contributed by atoms with Gasteiger partial charge in [0.1, 0.15) is 5.75 Å². The van der Waals surface area contributed by atoms with Crippen molar-refractivity contribution in [2.24, 2.45) is 0 Å². The van der Waals surface area contributed by atoms with Gasteiger partial charge in [0.05, 0.1) is 29.7 Å². The van der Waals surface area contributed by atoms with E-state index in [4.69, 9.17) is 21.3 Å². The van der Waals surface area contributed by atoms with Crippen molar-refractivity contribution in [1.82, 2.24) is 24.4 Å². The van der Waals surface area contributed by atoms with Crippen LogP contribution in [0.5, 0.6) is 5.75 Å². The molecule has 1 aromatic carbocycles. The number of ether oxygens (including phenoxy) is 1. The van der Waals surface area contributed by atoms with Crippen LogP contribution in [-0.4, -0.2) is 31.5 Å². The van der Waals surface area contributed by atoms with Gasteiger partial charge in [-0.25, -0.2) is 9.50 Å². The number of methoxy groups -OCH3 is 1. The minimum absolute atomic E-state index is 0.00685. The van der Waals surface area contributed by atoms with Crippen LogP contribution in [0.15, 0.2) is 47.5 Å². The number of aromatic amines is 1. The quantitative estimate of drug-likeness (QED) is 0.557. The van der Waals surface area contributed by atoms with Gasteiger partial charge >= 0.3 is 0 Å². The van der Waals surface area contributed by atoms with E-state index in [1.54, 1.807) is 30.3 Å². The summed E-state index contributed by atoms with van der Waals surface area (Å²) in [5, 5.41) is 7.95. The second-order valence-corrected chi connectivity index (χ2v) is 7.24. The lowest BCUT2D eigenvalue weighted by Crippen LogP contribution is -2.18. The molecule has 1 N–H and O–H groups in total. The van der Waals surface area contributed by atoms with Gasteiger partial charge in [-0.3, -0.25) is 14.6 Å². The van der Waals surface area contributed by atoms with E-state index in [0.717, 1.165) is 28.3 Å². The molecule has 144 valence electrons. The molecule has 0 aliphatic rings. The molecule has 1 atom stereocenters. The van der Waals surface area contributed by atoms with Gasteiger partial charge in [0.2, 0.25) is 0 Å². The van der Waals surface area contributed by atoms with Gasteiger partial charge in [0.25, 0.3) is 5.56 Å². The van der Waals surface area contributed by atoms with Crippen molar-refractivity contribution in [3.05, 3.63) is 69.4 Å². The number of aromatic nitrogens is 5. The van der Waals surface area contributed by atoms with E-state index in [2.05, 4.69) is 10.2 Å². The fourth-order valence-electron chi connectivity index (χ4n) is 3.27. The number of rotatable bonds is 5. The number of nitrogens with zero attached hydrogens (tertiary/aromatic N) is 4. The Balaban J connectivity index is 1.73. The smallest absolute Gasteiger partial charge is 0.272 e. The molecular weight excluding hydrogens is 378 g/mol. The summed E-state index contributed by atoms with van der Waals surface area (Å²) in [5.74, 6) is 0.787. The minimum atomic E-state index is -0.145. The Hall–Kier alpha value is -3.06. The minimum Gasteiger partial charge on any atom is -0.497 e. The highest BCUT2D eigenvalue weighted by atomic mass is 35.5. The number of aryl methyl sites for hydroxylation is 1. The Morgan fingerprint density at radius 2 is 2.04 bits per heavy atom. The number of halogens is 1. The number of nitrogens with one attached hydrogen (secondary N) is 1. The van der Waals surface area contributed by atoms with Gasteiger partial charge in [-0.05, 0) is 31.2 Å². The Morgan fingerprint density at radius 3 is 2.68 bits per heavy atom. The Bertz CT molecular complexity index is 1190. The van der Waals surface area contributed by atoms with E-state index in [9.17, 15) is 4.79 Å². The van der Waals surface area contributed by atoms with Crippen LogP contribution in [0.25, 0.3) is 16.9 Å². The average Bonchev–Trinajstić information content (AvgIpc) is 3.25. The topological polar surface area (TPSA) is 77.2 Å². The molecule has 0 saturated carbocycles. The van der Waals surface area contributed by atoms with E-state index >= 15 is 0 Å². The maximum absolute atomic E-state index is 12.7. The predicted octanol–water partition coefficient (Wildman–Crippen LogP) is 3.66. The molecule has 0 aliphatic heterocycles. The molecule has 28 heavy (non-hydrogen) atoms. The molecule has 0 fully saturated rings. The van der Waals surface area contributed by atoms with Crippen molar-refractivity contribution in [1.29, 1.82) is 0 Å². The van der Waals surface area contributed by atoms with Crippen LogP contribution >= 0.6 is 11.6 Å².